The van der Waals surface area contributed by atoms with Gasteiger partial charge in [-0.2, -0.15) is 5.26 Å². The number of benzene rings is 1. The van der Waals surface area contributed by atoms with Crippen molar-refractivity contribution in [2.45, 2.75) is 79.1 Å². The van der Waals surface area contributed by atoms with E-state index in [-0.39, 0.29) is 28.8 Å². The van der Waals surface area contributed by atoms with Crippen LogP contribution in [0.25, 0.3) is 0 Å². The molecule has 2 aliphatic carbocycles. The van der Waals surface area contributed by atoms with E-state index in [0.717, 1.165) is 31.9 Å². The van der Waals surface area contributed by atoms with E-state index < -0.39 is 38.0 Å². The Morgan fingerprint density at radius 2 is 1.77 bits per heavy atom. The molecule has 2 amide bonds. The number of hydrogen-bond donors (Lipinski definition) is 1. The Morgan fingerprint density at radius 3 is 2.32 bits per heavy atom. The standard InChI is InChI=1S/C31H36Cl2N6O4S/c1-20(2)37-11-13-38(14-12-37)22-4-5-26(24(32)15-22)44(42,43)23-16-25(28(40)36-30(19-34)7-8-30)39(18-23)29(41)31(9-10-31)21-3-6-27(33)35-17-21/h3-6,15,17,20,23,25H,7-14,16,18H2,1-2H3,(H,36,40). The number of nitrogens with one attached hydrogen (secondary N) is 1. The van der Waals surface area contributed by atoms with E-state index in [1.807, 2.05) is 0 Å². The van der Waals surface area contributed by atoms with Crippen LogP contribution in [0.5, 0.6) is 0 Å². The zero-order valence-electron chi connectivity index (χ0n) is 24.8. The van der Waals surface area contributed by atoms with Crippen molar-refractivity contribution in [1.29, 1.82) is 5.26 Å². The van der Waals surface area contributed by atoms with Gasteiger partial charge in [0.25, 0.3) is 0 Å². The van der Waals surface area contributed by atoms with Crippen molar-refractivity contribution in [2.24, 2.45) is 0 Å². The summed E-state index contributed by atoms with van der Waals surface area (Å²) in [7, 11) is -4.03. The van der Waals surface area contributed by atoms with Gasteiger partial charge in [0, 0.05) is 50.6 Å². The predicted octanol–water partition coefficient (Wildman–Crippen LogP) is 3.57. The van der Waals surface area contributed by atoms with Crippen molar-refractivity contribution in [3.8, 4) is 6.07 Å². The first-order valence-corrected chi connectivity index (χ1v) is 17.4. The molecule has 2 aromatic rings. The number of carbonyl (C=O) groups is 2. The summed E-state index contributed by atoms with van der Waals surface area (Å²) in [4.78, 5) is 37.8. The first-order chi connectivity index (χ1) is 20.9. The minimum absolute atomic E-state index is 0.0130. The fourth-order valence-corrected chi connectivity index (χ4v) is 8.83. The molecule has 234 valence electrons. The number of nitriles is 1. The number of sulfone groups is 1. The Labute approximate surface area is 268 Å². The minimum Gasteiger partial charge on any atom is -0.369 e. The number of piperazine rings is 1. The molecule has 1 aromatic carbocycles. The Hall–Kier alpha value is -2.91. The molecule has 0 bridgehead atoms. The molecule has 2 aliphatic heterocycles. The second kappa shape index (κ2) is 11.5. The second-order valence-electron chi connectivity index (χ2n) is 12.7. The lowest BCUT2D eigenvalue weighted by Gasteiger charge is -2.38. The summed E-state index contributed by atoms with van der Waals surface area (Å²) in [5.41, 5.74) is -0.308. The SMILES string of the molecule is CC(C)N1CCN(c2ccc(S(=O)(=O)C3CC(C(=O)NC4(C#N)CC4)N(C(=O)C4(c5ccc(Cl)nc5)CC4)C3)c(Cl)c2)CC1. The molecular weight excluding hydrogens is 623 g/mol. The summed E-state index contributed by atoms with van der Waals surface area (Å²) >= 11 is 12.6. The third-order valence-electron chi connectivity index (χ3n) is 9.66. The smallest absolute Gasteiger partial charge is 0.244 e. The number of anilines is 1. The maximum absolute atomic E-state index is 14.1. The van der Waals surface area contributed by atoms with E-state index in [1.54, 1.807) is 30.5 Å². The lowest BCUT2D eigenvalue weighted by molar-refractivity contribution is -0.140. The van der Waals surface area contributed by atoms with E-state index in [0.29, 0.717) is 42.4 Å². The van der Waals surface area contributed by atoms with Crippen molar-refractivity contribution in [3.63, 3.8) is 0 Å². The monoisotopic (exact) mass is 658 g/mol. The Balaban J connectivity index is 1.25. The van der Waals surface area contributed by atoms with Crippen LogP contribution in [-0.2, 0) is 24.8 Å². The molecule has 6 rings (SSSR count). The van der Waals surface area contributed by atoms with Gasteiger partial charge in [-0.3, -0.25) is 14.5 Å². The molecule has 4 fully saturated rings. The van der Waals surface area contributed by atoms with Gasteiger partial charge < -0.3 is 15.1 Å². The highest BCUT2D eigenvalue weighted by molar-refractivity contribution is 7.92. The second-order valence-corrected chi connectivity index (χ2v) is 15.7. The van der Waals surface area contributed by atoms with Crippen LogP contribution in [0, 0.1) is 11.3 Å². The predicted molar refractivity (Wildman–Crippen MR) is 167 cm³/mol. The molecule has 1 N–H and O–H groups in total. The van der Waals surface area contributed by atoms with Gasteiger partial charge in [-0.05, 0) is 75.8 Å². The zero-order valence-corrected chi connectivity index (χ0v) is 27.1. The van der Waals surface area contributed by atoms with E-state index >= 15 is 0 Å². The summed E-state index contributed by atoms with van der Waals surface area (Å²) in [6.45, 7) is 7.63. The van der Waals surface area contributed by atoms with Crippen molar-refractivity contribution >= 4 is 50.5 Å². The lowest BCUT2D eigenvalue weighted by Crippen LogP contribution is -2.51. The maximum Gasteiger partial charge on any atom is 0.244 e. The number of carbonyl (C=O) groups excluding carboxylic acids is 2. The zero-order chi connectivity index (χ0) is 31.4. The number of halogens is 2. The van der Waals surface area contributed by atoms with Crippen molar-refractivity contribution < 1.29 is 18.0 Å². The highest BCUT2D eigenvalue weighted by Gasteiger charge is 2.58. The molecule has 4 aliphatic rings. The van der Waals surface area contributed by atoms with Crippen molar-refractivity contribution in [1.82, 2.24) is 20.1 Å². The van der Waals surface area contributed by atoms with Gasteiger partial charge in [-0.25, -0.2) is 13.4 Å². The van der Waals surface area contributed by atoms with Gasteiger partial charge in [-0.15, -0.1) is 0 Å². The Morgan fingerprint density at radius 1 is 1.07 bits per heavy atom. The number of likely N-dealkylation sites (tertiary alicyclic amines) is 1. The van der Waals surface area contributed by atoms with Gasteiger partial charge in [0.2, 0.25) is 11.8 Å². The molecule has 2 unspecified atom stereocenters. The molecular formula is C31H36Cl2N6O4S. The molecule has 3 heterocycles. The normalized spacial score (nSPS) is 24.2. The highest BCUT2D eigenvalue weighted by Crippen LogP contribution is 2.51. The van der Waals surface area contributed by atoms with E-state index in [9.17, 15) is 23.3 Å². The quantitative estimate of drug-likeness (QED) is 0.427. The van der Waals surface area contributed by atoms with E-state index in [2.05, 4.69) is 40.0 Å². The van der Waals surface area contributed by atoms with E-state index in [1.165, 1.54) is 11.0 Å². The van der Waals surface area contributed by atoms with Crippen molar-refractivity contribution in [2.75, 3.05) is 37.6 Å². The summed E-state index contributed by atoms with van der Waals surface area (Å²) < 4.78 is 28.1. The molecule has 0 radical (unpaired) electrons. The average molecular weight is 660 g/mol. The molecule has 10 nitrogen and oxygen atoms in total. The fraction of sp³-hybridized carbons (Fsp3) is 0.548. The summed E-state index contributed by atoms with van der Waals surface area (Å²) in [6, 6.07) is 9.94. The van der Waals surface area contributed by atoms with Crippen LogP contribution < -0.4 is 10.2 Å². The molecule has 1 aromatic heterocycles. The number of hydrogen-bond acceptors (Lipinski definition) is 8. The van der Waals surface area contributed by atoms with E-state index in [4.69, 9.17) is 23.2 Å². The number of amides is 2. The number of rotatable bonds is 8. The van der Waals surface area contributed by atoms with Crippen LogP contribution in [0.1, 0.15) is 51.5 Å². The first-order valence-electron chi connectivity index (χ1n) is 15.1. The number of nitrogens with zero attached hydrogens (tertiary/aromatic N) is 5. The van der Waals surface area contributed by atoms with Crippen LogP contribution in [0.15, 0.2) is 41.4 Å². The minimum atomic E-state index is -4.03. The third-order valence-corrected chi connectivity index (χ3v) is 12.5. The van der Waals surface area contributed by atoms with Gasteiger partial charge in [0.05, 0.1) is 26.7 Å². The van der Waals surface area contributed by atoms with Gasteiger partial charge in [0.15, 0.2) is 9.84 Å². The summed E-state index contributed by atoms with van der Waals surface area (Å²) in [6.07, 6.45) is 3.62. The fourth-order valence-electron chi connectivity index (χ4n) is 6.48. The van der Waals surface area contributed by atoms with Crippen LogP contribution in [0.2, 0.25) is 10.2 Å². The molecule has 2 saturated heterocycles. The molecule has 44 heavy (non-hydrogen) atoms. The molecule has 0 spiro atoms. The summed E-state index contributed by atoms with van der Waals surface area (Å²) in [5.74, 6) is -0.828. The van der Waals surface area contributed by atoms with Crippen LogP contribution in [-0.4, -0.2) is 90.6 Å². The topological polar surface area (TPSA) is 127 Å². The maximum atomic E-state index is 14.1. The van der Waals surface area contributed by atoms with Crippen LogP contribution in [0.4, 0.5) is 5.69 Å². The Kier molecular flexibility index (Phi) is 8.10. The van der Waals surface area contributed by atoms with Crippen LogP contribution in [0.3, 0.4) is 0 Å². The van der Waals surface area contributed by atoms with Crippen LogP contribution >= 0.6 is 23.2 Å². The van der Waals surface area contributed by atoms with Gasteiger partial charge in [-0.1, -0.05) is 29.3 Å². The Bertz CT molecular complexity index is 1610. The lowest BCUT2D eigenvalue weighted by atomic mass is 9.95. The average Bonchev–Trinajstić information content (AvgIpc) is 3.93. The molecule has 13 heteroatoms. The number of aromatic nitrogens is 1. The molecule has 2 saturated carbocycles. The van der Waals surface area contributed by atoms with Gasteiger partial charge in [0.1, 0.15) is 16.7 Å². The molecule has 2 atom stereocenters. The first kappa shape index (κ1) is 31.1. The number of pyridine rings is 1. The highest BCUT2D eigenvalue weighted by atomic mass is 35.5. The van der Waals surface area contributed by atoms with Gasteiger partial charge >= 0.3 is 0 Å². The largest absolute Gasteiger partial charge is 0.369 e. The van der Waals surface area contributed by atoms with Crippen molar-refractivity contribution in [3.05, 3.63) is 52.3 Å². The summed E-state index contributed by atoms with van der Waals surface area (Å²) in [5, 5.41) is 11.7. The third kappa shape index (κ3) is 5.66.